The number of fused-ring (bicyclic) bond motifs is 1. The Morgan fingerprint density at radius 2 is 1.61 bits per heavy atom. The standard InChI is InChI=1S/C24H27N3O4/c1-4-12-25-21(28)16-8-7-9-17(14-16)26-22(29)20(13-15(2)3)27-23(30)18-10-5-6-11-19(18)24(27)31/h5-11,14-15,20H,4,12-13H2,1-3H3,(H,25,28)(H,26,29). The van der Waals surface area contributed by atoms with E-state index < -0.39 is 23.8 Å². The number of amides is 4. The van der Waals surface area contributed by atoms with Gasteiger partial charge in [-0.1, -0.05) is 39.0 Å². The number of hydrogen-bond acceptors (Lipinski definition) is 4. The molecule has 2 aromatic carbocycles. The zero-order chi connectivity index (χ0) is 22.5. The van der Waals surface area contributed by atoms with Gasteiger partial charge < -0.3 is 10.6 Å². The molecule has 0 bridgehead atoms. The van der Waals surface area contributed by atoms with Crippen LogP contribution in [0.3, 0.4) is 0 Å². The fraction of sp³-hybridized carbons (Fsp3) is 0.333. The molecule has 0 fully saturated rings. The fourth-order valence-corrected chi connectivity index (χ4v) is 3.57. The SMILES string of the molecule is CCCNC(=O)c1cccc(NC(=O)C(CC(C)C)N2C(=O)c3ccccc3C2=O)c1. The average Bonchev–Trinajstić information content (AvgIpc) is 3.00. The lowest BCUT2D eigenvalue weighted by Crippen LogP contribution is -2.48. The monoisotopic (exact) mass is 421 g/mol. The summed E-state index contributed by atoms with van der Waals surface area (Å²) < 4.78 is 0. The van der Waals surface area contributed by atoms with Gasteiger partial charge >= 0.3 is 0 Å². The van der Waals surface area contributed by atoms with Crippen molar-refractivity contribution >= 4 is 29.3 Å². The van der Waals surface area contributed by atoms with Gasteiger partial charge in [-0.25, -0.2) is 0 Å². The van der Waals surface area contributed by atoms with E-state index in [1.807, 2.05) is 20.8 Å². The summed E-state index contributed by atoms with van der Waals surface area (Å²) in [5.41, 5.74) is 1.47. The maximum Gasteiger partial charge on any atom is 0.262 e. The van der Waals surface area contributed by atoms with Crippen molar-refractivity contribution in [2.45, 2.75) is 39.7 Å². The number of hydrogen-bond donors (Lipinski definition) is 2. The zero-order valence-electron chi connectivity index (χ0n) is 18.0. The van der Waals surface area contributed by atoms with Gasteiger partial charge in [0.05, 0.1) is 11.1 Å². The lowest BCUT2D eigenvalue weighted by Gasteiger charge is -2.26. The minimum Gasteiger partial charge on any atom is -0.352 e. The molecule has 2 aromatic rings. The number of imide groups is 1. The minimum atomic E-state index is -0.954. The molecule has 0 saturated heterocycles. The van der Waals surface area contributed by atoms with Crippen molar-refractivity contribution in [3.8, 4) is 0 Å². The predicted octanol–water partition coefficient (Wildman–Crippen LogP) is 3.48. The summed E-state index contributed by atoms with van der Waals surface area (Å²) in [6.45, 7) is 6.38. The fourth-order valence-electron chi connectivity index (χ4n) is 3.57. The molecule has 0 saturated carbocycles. The summed E-state index contributed by atoms with van der Waals surface area (Å²) in [6, 6.07) is 12.2. The second-order valence-electron chi connectivity index (χ2n) is 8.00. The van der Waals surface area contributed by atoms with E-state index in [9.17, 15) is 19.2 Å². The first-order valence-corrected chi connectivity index (χ1v) is 10.5. The summed E-state index contributed by atoms with van der Waals surface area (Å²) in [4.78, 5) is 52.3. The molecule has 0 radical (unpaired) electrons. The Bertz CT molecular complexity index is 980. The van der Waals surface area contributed by atoms with Crippen molar-refractivity contribution in [1.29, 1.82) is 0 Å². The summed E-state index contributed by atoms with van der Waals surface area (Å²) in [5.74, 6) is -1.54. The predicted molar refractivity (Wildman–Crippen MR) is 118 cm³/mol. The van der Waals surface area contributed by atoms with Crippen molar-refractivity contribution in [3.05, 3.63) is 65.2 Å². The first-order valence-electron chi connectivity index (χ1n) is 10.5. The van der Waals surface area contributed by atoms with Gasteiger partial charge in [-0.15, -0.1) is 0 Å². The third kappa shape index (κ3) is 4.82. The molecule has 0 aliphatic carbocycles. The van der Waals surface area contributed by atoms with Crippen LogP contribution in [0.2, 0.25) is 0 Å². The van der Waals surface area contributed by atoms with Crippen molar-refractivity contribution in [3.63, 3.8) is 0 Å². The largest absolute Gasteiger partial charge is 0.352 e. The van der Waals surface area contributed by atoms with Crippen molar-refractivity contribution in [1.82, 2.24) is 10.2 Å². The molecule has 0 aromatic heterocycles. The summed E-state index contributed by atoms with van der Waals surface area (Å²) in [6.07, 6.45) is 1.15. The molecule has 3 rings (SSSR count). The molecular formula is C24H27N3O4. The van der Waals surface area contributed by atoms with E-state index >= 15 is 0 Å². The number of benzene rings is 2. The third-order valence-corrected chi connectivity index (χ3v) is 5.06. The highest BCUT2D eigenvalue weighted by molar-refractivity contribution is 6.23. The number of rotatable bonds is 8. The number of anilines is 1. The van der Waals surface area contributed by atoms with E-state index in [0.29, 0.717) is 35.3 Å². The molecule has 1 heterocycles. The van der Waals surface area contributed by atoms with E-state index in [2.05, 4.69) is 10.6 Å². The Kier molecular flexibility index (Phi) is 6.84. The Morgan fingerprint density at radius 3 is 2.19 bits per heavy atom. The summed E-state index contributed by atoms with van der Waals surface area (Å²) >= 11 is 0. The molecular weight excluding hydrogens is 394 g/mol. The quantitative estimate of drug-likeness (QED) is 0.638. The van der Waals surface area contributed by atoms with Gasteiger partial charge in [0, 0.05) is 17.8 Å². The average molecular weight is 421 g/mol. The molecule has 1 aliphatic rings. The highest BCUT2D eigenvalue weighted by Gasteiger charge is 2.42. The molecule has 1 aliphatic heterocycles. The van der Waals surface area contributed by atoms with Crippen LogP contribution in [0.15, 0.2) is 48.5 Å². The smallest absolute Gasteiger partial charge is 0.262 e. The maximum absolute atomic E-state index is 13.2. The summed E-state index contributed by atoms with van der Waals surface area (Å²) in [7, 11) is 0. The van der Waals surface area contributed by atoms with Crippen LogP contribution in [0, 0.1) is 5.92 Å². The maximum atomic E-state index is 13.2. The van der Waals surface area contributed by atoms with E-state index in [-0.39, 0.29) is 11.8 Å². The van der Waals surface area contributed by atoms with Gasteiger partial charge in [-0.2, -0.15) is 0 Å². The van der Waals surface area contributed by atoms with Crippen LogP contribution in [0.5, 0.6) is 0 Å². The van der Waals surface area contributed by atoms with Gasteiger partial charge in [0.25, 0.3) is 17.7 Å². The van der Waals surface area contributed by atoms with Gasteiger partial charge in [0.1, 0.15) is 6.04 Å². The van der Waals surface area contributed by atoms with E-state index in [0.717, 1.165) is 11.3 Å². The Balaban J connectivity index is 1.83. The summed E-state index contributed by atoms with van der Waals surface area (Å²) in [5, 5.41) is 5.57. The van der Waals surface area contributed by atoms with Crippen LogP contribution < -0.4 is 10.6 Å². The van der Waals surface area contributed by atoms with E-state index in [1.165, 1.54) is 0 Å². The lowest BCUT2D eigenvalue weighted by atomic mass is 10.0. The van der Waals surface area contributed by atoms with Gasteiger partial charge in [0.15, 0.2) is 0 Å². The highest BCUT2D eigenvalue weighted by Crippen LogP contribution is 2.27. The van der Waals surface area contributed by atoms with Crippen LogP contribution in [-0.4, -0.2) is 41.1 Å². The van der Waals surface area contributed by atoms with Crippen LogP contribution in [0.1, 0.15) is 64.7 Å². The van der Waals surface area contributed by atoms with Crippen LogP contribution in [0.25, 0.3) is 0 Å². The topological polar surface area (TPSA) is 95.6 Å². The number of carbonyl (C=O) groups excluding carboxylic acids is 4. The Hall–Kier alpha value is -3.48. The second-order valence-corrected chi connectivity index (χ2v) is 8.00. The molecule has 31 heavy (non-hydrogen) atoms. The van der Waals surface area contributed by atoms with Crippen LogP contribution in [-0.2, 0) is 4.79 Å². The zero-order valence-corrected chi connectivity index (χ0v) is 18.0. The van der Waals surface area contributed by atoms with E-state index in [1.54, 1.807) is 48.5 Å². The third-order valence-electron chi connectivity index (χ3n) is 5.06. The normalized spacial score (nSPS) is 13.9. The number of nitrogens with one attached hydrogen (secondary N) is 2. The molecule has 1 unspecified atom stereocenters. The van der Waals surface area contributed by atoms with Crippen molar-refractivity contribution < 1.29 is 19.2 Å². The Morgan fingerprint density at radius 1 is 0.968 bits per heavy atom. The first-order chi connectivity index (χ1) is 14.8. The van der Waals surface area contributed by atoms with Crippen molar-refractivity contribution in [2.24, 2.45) is 5.92 Å². The van der Waals surface area contributed by atoms with Crippen LogP contribution >= 0.6 is 0 Å². The second kappa shape index (κ2) is 9.55. The minimum absolute atomic E-state index is 0.0752. The molecule has 162 valence electrons. The Labute approximate surface area is 181 Å². The molecule has 2 N–H and O–H groups in total. The molecule has 0 spiro atoms. The van der Waals surface area contributed by atoms with Gasteiger partial charge in [-0.3, -0.25) is 24.1 Å². The first kappa shape index (κ1) is 22.2. The van der Waals surface area contributed by atoms with Crippen LogP contribution in [0.4, 0.5) is 5.69 Å². The number of nitrogens with zero attached hydrogens (tertiary/aromatic N) is 1. The molecule has 4 amide bonds. The van der Waals surface area contributed by atoms with Gasteiger partial charge in [-0.05, 0) is 49.1 Å². The lowest BCUT2D eigenvalue weighted by molar-refractivity contribution is -0.120. The molecule has 7 nitrogen and oxygen atoms in total. The van der Waals surface area contributed by atoms with E-state index in [4.69, 9.17) is 0 Å². The number of carbonyl (C=O) groups is 4. The molecule has 7 heteroatoms. The molecule has 1 atom stereocenters. The van der Waals surface area contributed by atoms with Crippen molar-refractivity contribution in [2.75, 3.05) is 11.9 Å². The van der Waals surface area contributed by atoms with Gasteiger partial charge in [0.2, 0.25) is 5.91 Å². The highest BCUT2D eigenvalue weighted by atomic mass is 16.2.